The Balaban J connectivity index is 1.79. The van der Waals surface area contributed by atoms with Gasteiger partial charge in [0.05, 0.1) is 19.0 Å². The topological polar surface area (TPSA) is 59.4 Å². The van der Waals surface area contributed by atoms with Crippen LogP contribution in [0, 0.1) is 0 Å². The summed E-state index contributed by atoms with van der Waals surface area (Å²) in [6, 6.07) is 0.0685. The monoisotopic (exact) mass is 266 g/mol. The summed E-state index contributed by atoms with van der Waals surface area (Å²) in [5.41, 5.74) is 0. The number of hydrogen-bond donors (Lipinski definition) is 1. The van der Waals surface area contributed by atoms with Crippen LogP contribution >= 0.6 is 0 Å². The number of amides is 2. The SMILES string of the molecule is CCC1CN(C(=O)NC(C)Cn2ccnc2)CCO1. The molecule has 0 aromatic carbocycles. The van der Waals surface area contributed by atoms with Gasteiger partial charge in [0, 0.05) is 38.1 Å². The number of hydrogen-bond acceptors (Lipinski definition) is 3. The molecule has 1 aromatic rings. The lowest BCUT2D eigenvalue weighted by Gasteiger charge is -2.33. The Kier molecular flexibility index (Phi) is 4.79. The lowest BCUT2D eigenvalue weighted by Crippen LogP contribution is -2.51. The van der Waals surface area contributed by atoms with Crippen molar-refractivity contribution in [2.45, 2.75) is 39.0 Å². The molecule has 0 saturated carbocycles. The van der Waals surface area contributed by atoms with E-state index in [1.165, 1.54) is 0 Å². The zero-order valence-corrected chi connectivity index (χ0v) is 11.6. The highest BCUT2D eigenvalue weighted by molar-refractivity contribution is 5.74. The number of aromatic nitrogens is 2. The predicted octanol–water partition coefficient (Wildman–Crippen LogP) is 1.09. The van der Waals surface area contributed by atoms with E-state index >= 15 is 0 Å². The van der Waals surface area contributed by atoms with Gasteiger partial charge in [-0.15, -0.1) is 0 Å². The summed E-state index contributed by atoms with van der Waals surface area (Å²) in [7, 11) is 0. The highest BCUT2D eigenvalue weighted by atomic mass is 16.5. The number of urea groups is 1. The Hall–Kier alpha value is -1.56. The second-order valence-corrected chi connectivity index (χ2v) is 4.96. The first-order chi connectivity index (χ1) is 9.19. The summed E-state index contributed by atoms with van der Waals surface area (Å²) in [5, 5.41) is 3.02. The number of nitrogens with zero attached hydrogens (tertiary/aromatic N) is 3. The van der Waals surface area contributed by atoms with Gasteiger partial charge in [-0.2, -0.15) is 0 Å². The van der Waals surface area contributed by atoms with Crippen molar-refractivity contribution < 1.29 is 9.53 Å². The molecule has 1 saturated heterocycles. The van der Waals surface area contributed by atoms with E-state index in [1.807, 2.05) is 22.6 Å². The van der Waals surface area contributed by atoms with Gasteiger partial charge >= 0.3 is 6.03 Å². The molecule has 2 rings (SSSR count). The fourth-order valence-electron chi connectivity index (χ4n) is 2.21. The van der Waals surface area contributed by atoms with Crippen LogP contribution in [0.1, 0.15) is 20.3 Å². The van der Waals surface area contributed by atoms with E-state index in [2.05, 4.69) is 17.2 Å². The zero-order valence-electron chi connectivity index (χ0n) is 11.6. The third kappa shape index (κ3) is 3.96. The number of carbonyl (C=O) groups is 1. The van der Waals surface area contributed by atoms with Crippen molar-refractivity contribution in [3.63, 3.8) is 0 Å². The van der Waals surface area contributed by atoms with Gasteiger partial charge in [0.1, 0.15) is 0 Å². The maximum atomic E-state index is 12.1. The Morgan fingerprint density at radius 3 is 3.16 bits per heavy atom. The van der Waals surface area contributed by atoms with Gasteiger partial charge in [0.15, 0.2) is 0 Å². The highest BCUT2D eigenvalue weighted by Gasteiger charge is 2.23. The van der Waals surface area contributed by atoms with Crippen LogP contribution < -0.4 is 5.32 Å². The normalized spacial score (nSPS) is 21.2. The van der Waals surface area contributed by atoms with Gasteiger partial charge in [-0.3, -0.25) is 0 Å². The van der Waals surface area contributed by atoms with Crippen molar-refractivity contribution in [3.05, 3.63) is 18.7 Å². The van der Waals surface area contributed by atoms with E-state index in [9.17, 15) is 4.79 Å². The first kappa shape index (κ1) is 13.9. The molecule has 0 bridgehead atoms. The first-order valence-corrected chi connectivity index (χ1v) is 6.81. The number of morpholine rings is 1. The van der Waals surface area contributed by atoms with E-state index < -0.39 is 0 Å². The van der Waals surface area contributed by atoms with E-state index in [4.69, 9.17) is 4.74 Å². The smallest absolute Gasteiger partial charge is 0.317 e. The Bertz CT molecular complexity index is 393. The van der Waals surface area contributed by atoms with Crippen LogP contribution in [0.4, 0.5) is 4.79 Å². The minimum Gasteiger partial charge on any atom is -0.375 e. The predicted molar refractivity (Wildman–Crippen MR) is 71.8 cm³/mol. The Morgan fingerprint density at radius 1 is 1.63 bits per heavy atom. The Labute approximate surface area is 113 Å². The minimum atomic E-state index is -0.00522. The molecule has 1 aromatic heterocycles. The molecule has 6 nitrogen and oxygen atoms in total. The molecule has 0 spiro atoms. The molecule has 1 N–H and O–H groups in total. The molecular formula is C13H22N4O2. The van der Waals surface area contributed by atoms with Crippen LogP contribution in [0.25, 0.3) is 0 Å². The molecule has 2 amide bonds. The summed E-state index contributed by atoms with van der Waals surface area (Å²) in [6.07, 6.45) is 6.50. The van der Waals surface area contributed by atoms with Crippen LogP contribution in [-0.4, -0.2) is 52.3 Å². The summed E-state index contributed by atoms with van der Waals surface area (Å²) in [5.74, 6) is 0. The minimum absolute atomic E-state index is 0.00522. The van der Waals surface area contributed by atoms with Crippen molar-refractivity contribution in [2.75, 3.05) is 19.7 Å². The first-order valence-electron chi connectivity index (χ1n) is 6.81. The number of rotatable bonds is 4. The lowest BCUT2D eigenvalue weighted by atomic mass is 10.2. The van der Waals surface area contributed by atoms with Crippen LogP contribution in [0.3, 0.4) is 0 Å². The van der Waals surface area contributed by atoms with Gasteiger partial charge in [0.25, 0.3) is 0 Å². The summed E-state index contributed by atoms with van der Waals surface area (Å²) in [4.78, 5) is 18.0. The summed E-state index contributed by atoms with van der Waals surface area (Å²) >= 11 is 0. The van der Waals surface area contributed by atoms with Crippen LogP contribution in [0.15, 0.2) is 18.7 Å². The number of carbonyl (C=O) groups excluding carboxylic acids is 1. The molecule has 0 aliphatic carbocycles. The van der Waals surface area contributed by atoms with Crippen molar-refractivity contribution in [3.8, 4) is 0 Å². The van der Waals surface area contributed by atoms with Crippen LogP contribution in [0.5, 0.6) is 0 Å². The molecule has 2 atom stereocenters. The molecule has 0 radical (unpaired) electrons. The molecule has 19 heavy (non-hydrogen) atoms. The third-order valence-corrected chi connectivity index (χ3v) is 3.30. The Morgan fingerprint density at radius 2 is 2.47 bits per heavy atom. The standard InChI is InChI=1S/C13H22N4O2/c1-3-12-9-17(6-7-19-12)13(18)15-11(2)8-16-5-4-14-10-16/h4-5,10-12H,3,6-9H2,1-2H3,(H,15,18). The van der Waals surface area contributed by atoms with E-state index in [0.29, 0.717) is 19.7 Å². The van der Waals surface area contributed by atoms with Gasteiger partial charge in [0.2, 0.25) is 0 Å². The van der Waals surface area contributed by atoms with Crippen molar-refractivity contribution in [2.24, 2.45) is 0 Å². The lowest BCUT2D eigenvalue weighted by molar-refractivity contribution is -0.0157. The fraction of sp³-hybridized carbons (Fsp3) is 0.692. The number of imidazole rings is 1. The molecule has 6 heteroatoms. The number of nitrogens with one attached hydrogen (secondary N) is 1. The van der Waals surface area contributed by atoms with Crippen molar-refractivity contribution >= 4 is 6.03 Å². The molecular weight excluding hydrogens is 244 g/mol. The summed E-state index contributed by atoms with van der Waals surface area (Å²) in [6.45, 7) is 6.78. The molecule has 1 aliphatic rings. The quantitative estimate of drug-likeness (QED) is 0.887. The highest BCUT2D eigenvalue weighted by Crippen LogP contribution is 2.08. The second-order valence-electron chi connectivity index (χ2n) is 4.96. The average molecular weight is 266 g/mol. The van der Waals surface area contributed by atoms with Gasteiger partial charge in [-0.05, 0) is 13.3 Å². The third-order valence-electron chi connectivity index (χ3n) is 3.30. The molecule has 106 valence electrons. The maximum Gasteiger partial charge on any atom is 0.317 e. The fourth-order valence-corrected chi connectivity index (χ4v) is 2.21. The largest absolute Gasteiger partial charge is 0.375 e. The van der Waals surface area contributed by atoms with Gasteiger partial charge in [-0.25, -0.2) is 9.78 Å². The van der Waals surface area contributed by atoms with Crippen LogP contribution in [-0.2, 0) is 11.3 Å². The van der Waals surface area contributed by atoms with Crippen molar-refractivity contribution in [1.82, 2.24) is 19.8 Å². The second kappa shape index (κ2) is 6.56. The van der Waals surface area contributed by atoms with Crippen molar-refractivity contribution in [1.29, 1.82) is 0 Å². The van der Waals surface area contributed by atoms with Gasteiger partial charge < -0.3 is 19.5 Å². The molecule has 1 aliphatic heterocycles. The molecule has 1 fully saturated rings. The van der Waals surface area contributed by atoms with E-state index in [-0.39, 0.29) is 18.2 Å². The molecule has 2 heterocycles. The maximum absolute atomic E-state index is 12.1. The summed E-state index contributed by atoms with van der Waals surface area (Å²) < 4.78 is 7.52. The van der Waals surface area contributed by atoms with Gasteiger partial charge in [-0.1, -0.05) is 6.92 Å². The average Bonchev–Trinajstić information content (AvgIpc) is 2.91. The zero-order chi connectivity index (χ0) is 13.7. The van der Waals surface area contributed by atoms with E-state index in [0.717, 1.165) is 13.0 Å². The molecule has 2 unspecified atom stereocenters. The van der Waals surface area contributed by atoms with E-state index in [1.54, 1.807) is 12.5 Å². The van der Waals surface area contributed by atoms with Crippen LogP contribution in [0.2, 0.25) is 0 Å². The number of ether oxygens (including phenoxy) is 1.